The van der Waals surface area contributed by atoms with Crippen LogP contribution in [0.1, 0.15) is 27.8 Å². The second-order valence-electron chi connectivity index (χ2n) is 7.38. The lowest BCUT2D eigenvalue weighted by Crippen LogP contribution is -2.13. The number of hydrogen-bond donors (Lipinski definition) is 2. The van der Waals surface area contributed by atoms with Crippen molar-refractivity contribution in [3.63, 3.8) is 0 Å². The SMILES string of the molecule is CCOC(=O)c1cc(-c2ccccc2)sc1NC(=O)c1cnc(-c2cccc(NS(C)(=O)=O)c2)o1. The van der Waals surface area contributed by atoms with Gasteiger partial charge in [-0.3, -0.25) is 9.52 Å². The topological polar surface area (TPSA) is 128 Å². The van der Waals surface area contributed by atoms with Gasteiger partial charge in [0, 0.05) is 16.1 Å². The highest BCUT2D eigenvalue weighted by molar-refractivity contribution is 7.92. The van der Waals surface area contributed by atoms with Crippen LogP contribution in [-0.2, 0) is 14.8 Å². The molecule has 0 radical (unpaired) electrons. The van der Waals surface area contributed by atoms with Crippen molar-refractivity contribution in [2.24, 2.45) is 0 Å². The zero-order chi connectivity index (χ0) is 25.0. The summed E-state index contributed by atoms with van der Waals surface area (Å²) in [6.45, 7) is 1.90. The van der Waals surface area contributed by atoms with Gasteiger partial charge in [0.15, 0.2) is 0 Å². The molecule has 4 aromatic rings. The Balaban J connectivity index is 1.59. The minimum atomic E-state index is -3.45. The first kappa shape index (κ1) is 24.2. The maximum Gasteiger partial charge on any atom is 0.341 e. The van der Waals surface area contributed by atoms with Gasteiger partial charge in [0.25, 0.3) is 5.91 Å². The summed E-state index contributed by atoms with van der Waals surface area (Å²) in [5.41, 5.74) is 1.95. The van der Waals surface area contributed by atoms with E-state index < -0.39 is 21.9 Å². The number of esters is 1. The summed E-state index contributed by atoms with van der Waals surface area (Å²) >= 11 is 1.24. The van der Waals surface area contributed by atoms with Gasteiger partial charge in [-0.2, -0.15) is 0 Å². The summed E-state index contributed by atoms with van der Waals surface area (Å²) in [4.78, 5) is 30.3. The molecule has 4 rings (SSSR count). The zero-order valence-corrected chi connectivity index (χ0v) is 20.4. The molecule has 2 N–H and O–H groups in total. The Hall–Kier alpha value is -3.96. The van der Waals surface area contributed by atoms with Gasteiger partial charge in [0.05, 0.1) is 24.6 Å². The number of rotatable bonds is 8. The van der Waals surface area contributed by atoms with Crippen LogP contribution in [0.3, 0.4) is 0 Å². The molecule has 0 fully saturated rings. The van der Waals surface area contributed by atoms with Crippen molar-refractivity contribution >= 4 is 43.9 Å². The van der Waals surface area contributed by atoms with Gasteiger partial charge in [0.2, 0.25) is 21.7 Å². The number of hydrogen-bond acceptors (Lipinski definition) is 8. The molecule has 9 nitrogen and oxygen atoms in total. The van der Waals surface area contributed by atoms with E-state index in [2.05, 4.69) is 15.0 Å². The normalized spacial score (nSPS) is 11.1. The Morgan fingerprint density at radius 3 is 2.51 bits per heavy atom. The van der Waals surface area contributed by atoms with E-state index in [9.17, 15) is 18.0 Å². The number of aromatic nitrogens is 1. The standard InChI is InChI=1S/C24H21N3O6S2/c1-3-32-24(29)18-13-20(15-8-5-4-6-9-15)34-23(18)26-21(28)19-14-25-22(33-19)16-10-7-11-17(12-16)27-35(2,30)31/h4-14,27H,3H2,1-2H3,(H,26,28). The second-order valence-corrected chi connectivity index (χ2v) is 10.2. The lowest BCUT2D eigenvalue weighted by atomic mass is 10.1. The maximum atomic E-state index is 12.9. The molecule has 0 unspecified atom stereocenters. The summed E-state index contributed by atoms with van der Waals surface area (Å²) in [5, 5.41) is 3.04. The van der Waals surface area contributed by atoms with E-state index in [0.29, 0.717) is 16.3 Å². The molecule has 11 heteroatoms. The number of nitrogens with one attached hydrogen (secondary N) is 2. The van der Waals surface area contributed by atoms with E-state index in [-0.39, 0.29) is 23.8 Å². The van der Waals surface area contributed by atoms with E-state index in [1.54, 1.807) is 37.3 Å². The molecular formula is C24H21N3O6S2. The molecule has 0 bridgehead atoms. The van der Waals surface area contributed by atoms with E-state index in [0.717, 1.165) is 16.7 Å². The number of oxazole rings is 1. The number of nitrogens with zero attached hydrogens (tertiary/aromatic N) is 1. The molecule has 0 aliphatic rings. The number of carbonyl (C=O) groups is 2. The Morgan fingerprint density at radius 2 is 1.80 bits per heavy atom. The molecule has 0 saturated carbocycles. The Labute approximate surface area is 205 Å². The smallest absolute Gasteiger partial charge is 0.341 e. The lowest BCUT2D eigenvalue weighted by molar-refractivity contribution is 0.0528. The van der Waals surface area contributed by atoms with Gasteiger partial charge in [0.1, 0.15) is 5.00 Å². The van der Waals surface area contributed by atoms with Crippen LogP contribution in [0.25, 0.3) is 21.9 Å². The molecule has 0 aliphatic heterocycles. The molecular weight excluding hydrogens is 490 g/mol. The van der Waals surface area contributed by atoms with Crippen LogP contribution in [-0.4, -0.2) is 38.1 Å². The second kappa shape index (κ2) is 10.1. The van der Waals surface area contributed by atoms with Crippen molar-refractivity contribution in [2.75, 3.05) is 22.9 Å². The van der Waals surface area contributed by atoms with Crippen molar-refractivity contribution in [3.8, 4) is 21.9 Å². The van der Waals surface area contributed by atoms with Gasteiger partial charge >= 0.3 is 5.97 Å². The minimum Gasteiger partial charge on any atom is -0.462 e. The molecule has 180 valence electrons. The molecule has 35 heavy (non-hydrogen) atoms. The number of benzene rings is 2. The van der Waals surface area contributed by atoms with Crippen LogP contribution in [0.2, 0.25) is 0 Å². The van der Waals surface area contributed by atoms with Crippen LogP contribution in [0.5, 0.6) is 0 Å². The Kier molecular flexibility index (Phi) is 6.99. The number of anilines is 2. The third-order valence-corrected chi connectivity index (χ3v) is 6.36. The molecule has 2 aromatic carbocycles. The zero-order valence-electron chi connectivity index (χ0n) is 18.8. The number of thiophene rings is 1. The first-order chi connectivity index (χ1) is 16.7. The van der Waals surface area contributed by atoms with Crippen LogP contribution >= 0.6 is 11.3 Å². The van der Waals surface area contributed by atoms with Gasteiger partial charge in [-0.25, -0.2) is 18.2 Å². The molecule has 2 heterocycles. The summed E-state index contributed by atoms with van der Waals surface area (Å²) < 4.78 is 36.1. The monoisotopic (exact) mass is 511 g/mol. The van der Waals surface area contributed by atoms with Crippen molar-refractivity contribution in [1.82, 2.24) is 4.98 Å². The predicted molar refractivity (Wildman–Crippen MR) is 134 cm³/mol. The van der Waals surface area contributed by atoms with Crippen LogP contribution < -0.4 is 10.0 Å². The van der Waals surface area contributed by atoms with Crippen molar-refractivity contribution in [3.05, 3.63) is 78.2 Å². The van der Waals surface area contributed by atoms with Gasteiger partial charge in [-0.15, -0.1) is 11.3 Å². The molecule has 0 spiro atoms. The van der Waals surface area contributed by atoms with Crippen LogP contribution in [0.15, 0.2) is 71.3 Å². The first-order valence-corrected chi connectivity index (χ1v) is 13.2. The highest BCUT2D eigenvalue weighted by atomic mass is 32.2. The Morgan fingerprint density at radius 1 is 1.06 bits per heavy atom. The third-order valence-electron chi connectivity index (χ3n) is 4.66. The number of carbonyl (C=O) groups excluding carboxylic acids is 2. The number of amides is 1. The minimum absolute atomic E-state index is 0.0778. The predicted octanol–water partition coefficient (Wildman–Crippen LogP) is 4.87. The van der Waals surface area contributed by atoms with E-state index >= 15 is 0 Å². The van der Waals surface area contributed by atoms with Crippen molar-refractivity contribution in [1.29, 1.82) is 0 Å². The average Bonchev–Trinajstić information content (AvgIpc) is 3.47. The summed E-state index contributed by atoms with van der Waals surface area (Å²) in [6, 6.07) is 17.6. The molecule has 0 aliphatic carbocycles. The van der Waals surface area contributed by atoms with Crippen LogP contribution in [0.4, 0.5) is 10.7 Å². The lowest BCUT2D eigenvalue weighted by Gasteiger charge is -2.05. The molecule has 2 aromatic heterocycles. The number of sulfonamides is 1. The highest BCUT2D eigenvalue weighted by Crippen LogP contribution is 2.36. The van der Waals surface area contributed by atoms with E-state index in [4.69, 9.17) is 9.15 Å². The summed E-state index contributed by atoms with van der Waals surface area (Å²) in [5.74, 6) is -1.09. The summed E-state index contributed by atoms with van der Waals surface area (Å²) in [7, 11) is -3.45. The van der Waals surface area contributed by atoms with E-state index in [1.807, 2.05) is 30.3 Å². The van der Waals surface area contributed by atoms with Crippen LogP contribution in [0, 0.1) is 0 Å². The molecule has 0 atom stereocenters. The fourth-order valence-electron chi connectivity index (χ4n) is 3.20. The van der Waals surface area contributed by atoms with Crippen molar-refractivity contribution < 1.29 is 27.2 Å². The quantitative estimate of drug-likeness (QED) is 0.323. The summed E-state index contributed by atoms with van der Waals surface area (Å²) in [6.07, 6.45) is 2.31. The highest BCUT2D eigenvalue weighted by Gasteiger charge is 2.22. The number of ether oxygens (including phenoxy) is 1. The Bertz CT molecular complexity index is 1480. The molecule has 1 amide bonds. The van der Waals surface area contributed by atoms with Gasteiger partial charge < -0.3 is 14.5 Å². The fraction of sp³-hybridized carbons (Fsp3) is 0.125. The van der Waals surface area contributed by atoms with E-state index in [1.165, 1.54) is 17.5 Å². The van der Waals surface area contributed by atoms with Gasteiger partial charge in [-0.1, -0.05) is 36.4 Å². The van der Waals surface area contributed by atoms with Gasteiger partial charge in [-0.05, 0) is 36.8 Å². The average molecular weight is 512 g/mol. The fourth-order valence-corrected chi connectivity index (χ4v) is 4.80. The first-order valence-electron chi connectivity index (χ1n) is 10.5. The van der Waals surface area contributed by atoms with Crippen molar-refractivity contribution in [2.45, 2.75) is 6.92 Å². The molecule has 0 saturated heterocycles. The maximum absolute atomic E-state index is 12.9. The third kappa shape index (κ3) is 5.94. The largest absolute Gasteiger partial charge is 0.462 e.